The van der Waals surface area contributed by atoms with Crippen molar-refractivity contribution in [3.8, 4) is 0 Å². The molecule has 2 fully saturated rings. The maximum atomic E-state index is 9.85. The van der Waals surface area contributed by atoms with Crippen LogP contribution >= 0.6 is 0 Å². The van der Waals surface area contributed by atoms with E-state index < -0.39 is 0 Å². The van der Waals surface area contributed by atoms with Gasteiger partial charge in [-0.1, -0.05) is 26.2 Å². The lowest BCUT2D eigenvalue weighted by molar-refractivity contribution is 0.0823. The fourth-order valence-electron chi connectivity index (χ4n) is 2.97. The molecule has 0 radical (unpaired) electrons. The summed E-state index contributed by atoms with van der Waals surface area (Å²) in [7, 11) is 0. The third-order valence-electron chi connectivity index (χ3n) is 4.02. The van der Waals surface area contributed by atoms with Gasteiger partial charge in [-0.25, -0.2) is 0 Å². The standard InChI is InChI=1S/C12H23NO/c1-9-5-4-7-10(9)13-11-6-2-3-8-12(11)14/h9-14H,2-8H2,1H3/t9-,10+,11+,12+/m1/s1. The van der Waals surface area contributed by atoms with Crippen LogP contribution in [0.1, 0.15) is 51.9 Å². The highest BCUT2D eigenvalue weighted by Gasteiger charge is 2.29. The zero-order valence-electron chi connectivity index (χ0n) is 9.21. The molecule has 2 rings (SSSR count). The van der Waals surface area contributed by atoms with Crippen LogP contribution in [0.25, 0.3) is 0 Å². The molecule has 0 unspecified atom stereocenters. The van der Waals surface area contributed by atoms with E-state index in [4.69, 9.17) is 0 Å². The van der Waals surface area contributed by atoms with E-state index in [1.807, 2.05) is 0 Å². The minimum absolute atomic E-state index is 0.0865. The molecule has 0 aromatic rings. The smallest absolute Gasteiger partial charge is 0.0693 e. The molecule has 2 N–H and O–H groups in total. The van der Waals surface area contributed by atoms with Gasteiger partial charge < -0.3 is 10.4 Å². The van der Waals surface area contributed by atoms with Crippen LogP contribution in [0.4, 0.5) is 0 Å². The minimum Gasteiger partial charge on any atom is -0.392 e. The van der Waals surface area contributed by atoms with E-state index in [2.05, 4.69) is 12.2 Å². The molecule has 0 aromatic carbocycles. The molecule has 82 valence electrons. The molecule has 2 nitrogen and oxygen atoms in total. The first-order valence-corrected chi connectivity index (χ1v) is 6.21. The summed E-state index contributed by atoms with van der Waals surface area (Å²) >= 11 is 0. The van der Waals surface area contributed by atoms with E-state index in [0.29, 0.717) is 12.1 Å². The second-order valence-electron chi connectivity index (χ2n) is 5.14. The minimum atomic E-state index is -0.0865. The first-order chi connectivity index (χ1) is 6.77. The number of hydrogen-bond acceptors (Lipinski definition) is 2. The van der Waals surface area contributed by atoms with Crippen molar-refractivity contribution in [3.05, 3.63) is 0 Å². The van der Waals surface area contributed by atoms with Crippen LogP contribution in [-0.4, -0.2) is 23.3 Å². The Labute approximate surface area is 87.1 Å². The van der Waals surface area contributed by atoms with Crippen molar-refractivity contribution >= 4 is 0 Å². The van der Waals surface area contributed by atoms with Crippen LogP contribution in [0.15, 0.2) is 0 Å². The lowest BCUT2D eigenvalue weighted by Crippen LogP contribution is -2.47. The molecule has 2 aliphatic rings. The number of hydrogen-bond donors (Lipinski definition) is 2. The van der Waals surface area contributed by atoms with Crippen molar-refractivity contribution in [2.75, 3.05) is 0 Å². The summed E-state index contributed by atoms with van der Waals surface area (Å²) in [4.78, 5) is 0. The van der Waals surface area contributed by atoms with Gasteiger partial charge in [0.15, 0.2) is 0 Å². The normalized spacial score (nSPS) is 44.1. The molecule has 0 saturated heterocycles. The number of aliphatic hydroxyl groups excluding tert-OH is 1. The van der Waals surface area contributed by atoms with E-state index in [0.717, 1.165) is 12.3 Å². The maximum Gasteiger partial charge on any atom is 0.0693 e. The van der Waals surface area contributed by atoms with Crippen molar-refractivity contribution in [1.82, 2.24) is 5.32 Å². The molecule has 4 atom stereocenters. The summed E-state index contributed by atoms with van der Waals surface area (Å²) in [5.74, 6) is 0.809. The maximum absolute atomic E-state index is 9.85. The largest absolute Gasteiger partial charge is 0.392 e. The Kier molecular flexibility index (Phi) is 3.45. The Hall–Kier alpha value is -0.0800. The predicted molar refractivity (Wildman–Crippen MR) is 58.2 cm³/mol. The van der Waals surface area contributed by atoms with Crippen LogP contribution in [0.3, 0.4) is 0 Å². The molecule has 2 heteroatoms. The van der Waals surface area contributed by atoms with Gasteiger partial charge in [0.2, 0.25) is 0 Å². The summed E-state index contributed by atoms with van der Waals surface area (Å²) in [6, 6.07) is 1.06. The fourth-order valence-corrected chi connectivity index (χ4v) is 2.97. The van der Waals surface area contributed by atoms with Gasteiger partial charge in [-0.3, -0.25) is 0 Å². The van der Waals surface area contributed by atoms with Gasteiger partial charge in [-0.2, -0.15) is 0 Å². The third kappa shape index (κ3) is 2.29. The monoisotopic (exact) mass is 197 g/mol. The second-order valence-corrected chi connectivity index (χ2v) is 5.14. The van der Waals surface area contributed by atoms with E-state index >= 15 is 0 Å². The molecule has 0 heterocycles. The Morgan fingerprint density at radius 3 is 2.29 bits per heavy atom. The first kappa shape index (κ1) is 10.4. The molecule has 0 aromatic heterocycles. The van der Waals surface area contributed by atoms with Crippen molar-refractivity contribution < 1.29 is 5.11 Å². The predicted octanol–water partition coefficient (Wildman–Crippen LogP) is 2.07. The van der Waals surface area contributed by atoms with E-state index in [-0.39, 0.29) is 6.10 Å². The Balaban J connectivity index is 1.83. The number of rotatable bonds is 2. The Morgan fingerprint density at radius 1 is 0.929 bits per heavy atom. The highest BCUT2D eigenvalue weighted by Crippen LogP contribution is 2.27. The van der Waals surface area contributed by atoms with Crippen LogP contribution < -0.4 is 5.32 Å². The summed E-state index contributed by atoms with van der Waals surface area (Å²) in [5.41, 5.74) is 0. The summed E-state index contributed by atoms with van der Waals surface area (Å²) in [5, 5.41) is 13.5. The number of aliphatic hydroxyl groups is 1. The van der Waals surface area contributed by atoms with Crippen molar-refractivity contribution in [2.45, 2.75) is 70.1 Å². The van der Waals surface area contributed by atoms with Gasteiger partial charge in [0.1, 0.15) is 0 Å². The summed E-state index contributed by atoms with van der Waals surface area (Å²) in [6.45, 7) is 2.33. The Bertz CT molecular complexity index is 183. The zero-order valence-corrected chi connectivity index (χ0v) is 9.21. The van der Waals surface area contributed by atoms with Gasteiger partial charge in [0.05, 0.1) is 6.10 Å². The highest BCUT2D eigenvalue weighted by molar-refractivity contribution is 4.88. The van der Waals surface area contributed by atoms with Crippen LogP contribution in [0.5, 0.6) is 0 Å². The van der Waals surface area contributed by atoms with Gasteiger partial charge in [-0.05, 0) is 31.6 Å². The first-order valence-electron chi connectivity index (χ1n) is 6.21. The molecule has 0 aliphatic heterocycles. The van der Waals surface area contributed by atoms with Gasteiger partial charge >= 0.3 is 0 Å². The van der Waals surface area contributed by atoms with Crippen LogP contribution in [0.2, 0.25) is 0 Å². The lowest BCUT2D eigenvalue weighted by atomic mass is 9.91. The second kappa shape index (κ2) is 4.63. The van der Waals surface area contributed by atoms with E-state index in [1.165, 1.54) is 38.5 Å². The third-order valence-corrected chi connectivity index (χ3v) is 4.02. The van der Waals surface area contributed by atoms with Crippen molar-refractivity contribution in [3.63, 3.8) is 0 Å². The molecule has 0 amide bonds. The van der Waals surface area contributed by atoms with Crippen LogP contribution in [0, 0.1) is 5.92 Å². The van der Waals surface area contributed by atoms with Crippen molar-refractivity contribution in [1.29, 1.82) is 0 Å². The zero-order chi connectivity index (χ0) is 9.97. The molecule has 14 heavy (non-hydrogen) atoms. The molecular formula is C12H23NO. The summed E-state index contributed by atoms with van der Waals surface area (Å²) < 4.78 is 0. The SMILES string of the molecule is C[C@@H]1CCC[C@@H]1N[C@H]1CCCC[C@@H]1O. The topological polar surface area (TPSA) is 32.3 Å². The average Bonchev–Trinajstić information content (AvgIpc) is 2.56. The molecular weight excluding hydrogens is 174 g/mol. The molecule has 0 spiro atoms. The Morgan fingerprint density at radius 2 is 1.64 bits per heavy atom. The van der Waals surface area contributed by atoms with Crippen molar-refractivity contribution in [2.24, 2.45) is 5.92 Å². The fraction of sp³-hybridized carbons (Fsp3) is 1.00. The molecule has 0 bridgehead atoms. The van der Waals surface area contributed by atoms with Gasteiger partial charge in [0.25, 0.3) is 0 Å². The molecule has 2 aliphatic carbocycles. The van der Waals surface area contributed by atoms with Gasteiger partial charge in [0, 0.05) is 12.1 Å². The quantitative estimate of drug-likeness (QED) is 0.710. The van der Waals surface area contributed by atoms with Crippen LogP contribution in [-0.2, 0) is 0 Å². The lowest BCUT2D eigenvalue weighted by Gasteiger charge is -2.32. The summed E-state index contributed by atoms with van der Waals surface area (Å²) in [6.07, 6.45) is 8.61. The molecule has 2 saturated carbocycles. The average molecular weight is 197 g/mol. The van der Waals surface area contributed by atoms with E-state index in [9.17, 15) is 5.11 Å². The number of nitrogens with one attached hydrogen (secondary N) is 1. The van der Waals surface area contributed by atoms with E-state index in [1.54, 1.807) is 0 Å². The van der Waals surface area contributed by atoms with Gasteiger partial charge in [-0.15, -0.1) is 0 Å². The highest BCUT2D eigenvalue weighted by atomic mass is 16.3.